The van der Waals surface area contributed by atoms with Gasteiger partial charge in [0, 0.05) is 5.56 Å². The molecule has 0 radical (unpaired) electrons. The van der Waals surface area contributed by atoms with Crippen LogP contribution in [0.5, 0.6) is 0 Å². The molecule has 102 valence electrons. The molecule has 0 atom stereocenters. The average Bonchev–Trinajstić information content (AvgIpc) is 2.46. The van der Waals surface area contributed by atoms with Gasteiger partial charge >= 0.3 is 5.97 Å². The standard InChI is InChI=1S/C15H18O4/c1-10(2)12-5-4-11(15(16)17-3)8-13(12)14-9-18-6-7-19-14/h4-5,8-10H,6-7H2,1-3H3. The second-order valence-corrected chi connectivity index (χ2v) is 4.65. The Balaban J connectivity index is 2.47. The highest BCUT2D eigenvalue weighted by Crippen LogP contribution is 2.29. The van der Waals surface area contributed by atoms with Crippen molar-refractivity contribution in [3.63, 3.8) is 0 Å². The van der Waals surface area contributed by atoms with E-state index in [9.17, 15) is 4.79 Å². The van der Waals surface area contributed by atoms with Crippen LogP contribution in [0.2, 0.25) is 0 Å². The number of carbonyl (C=O) groups is 1. The Hall–Kier alpha value is -1.97. The lowest BCUT2D eigenvalue weighted by molar-refractivity contribution is 0.0600. The van der Waals surface area contributed by atoms with Gasteiger partial charge in [-0.25, -0.2) is 4.79 Å². The first-order chi connectivity index (χ1) is 9.13. The van der Waals surface area contributed by atoms with E-state index in [0.29, 0.717) is 30.5 Å². The zero-order valence-electron chi connectivity index (χ0n) is 11.4. The lowest BCUT2D eigenvalue weighted by Crippen LogP contribution is -2.11. The number of rotatable bonds is 3. The first-order valence-corrected chi connectivity index (χ1v) is 6.30. The molecule has 0 amide bonds. The van der Waals surface area contributed by atoms with Crippen molar-refractivity contribution in [1.82, 2.24) is 0 Å². The third-order valence-corrected chi connectivity index (χ3v) is 3.01. The largest absolute Gasteiger partial charge is 0.494 e. The Morgan fingerprint density at radius 3 is 2.68 bits per heavy atom. The molecule has 0 fully saturated rings. The maximum absolute atomic E-state index is 11.6. The minimum atomic E-state index is -0.353. The SMILES string of the molecule is COC(=O)c1ccc(C(C)C)c(C2=COCCO2)c1. The zero-order valence-corrected chi connectivity index (χ0v) is 11.4. The molecule has 1 aliphatic rings. The number of carbonyl (C=O) groups excluding carboxylic acids is 1. The van der Waals surface area contributed by atoms with Gasteiger partial charge in [0.1, 0.15) is 19.5 Å². The molecule has 0 bridgehead atoms. The Bertz CT molecular complexity index is 503. The fourth-order valence-electron chi connectivity index (χ4n) is 2.03. The van der Waals surface area contributed by atoms with Gasteiger partial charge in [0.05, 0.1) is 12.7 Å². The second kappa shape index (κ2) is 5.78. The number of methoxy groups -OCH3 is 1. The molecular formula is C15H18O4. The van der Waals surface area contributed by atoms with Crippen LogP contribution >= 0.6 is 0 Å². The molecule has 0 saturated carbocycles. The van der Waals surface area contributed by atoms with Crippen LogP contribution in [0.25, 0.3) is 5.76 Å². The van der Waals surface area contributed by atoms with Crippen LogP contribution in [-0.2, 0) is 14.2 Å². The molecule has 0 aromatic heterocycles. The molecule has 0 N–H and O–H groups in total. The zero-order chi connectivity index (χ0) is 13.8. The maximum Gasteiger partial charge on any atom is 0.337 e. The van der Waals surface area contributed by atoms with Gasteiger partial charge in [-0.2, -0.15) is 0 Å². The summed E-state index contributed by atoms with van der Waals surface area (Å²) in [6, 6.07) is 5.50. The third kappa shape index (κ3) is 2.89. The quantitative estimate of drug-likeness (QED) is 0.786. The fourth-order valence-corrected chi connectivity index (χ4v) is 2.03. The number of esters is 1. The van der Waals surface area contributed by atoms with Gasteiger partial charge in [-0.05, 0) is 23.6 Å². The number of ether oxygens (including phenoxy) is 3. The smallest absolute Gasteiger partial charge is 0.337 e. The summed E-state index contributed by atoms with van der Waals surface area (Å²) in [6.07, 6.45) is 1.60. The van der Waals surface area contributed by atoms with Crippen molar-refractivity contribution >= 4 is 11.7 Å². The Labute approximate surface area is 113 Å². The summed E-state index contributed by atoms with van der Waals surface area (Å²) in [5.41, 5.74) is 2.51. The lowest BCUT2D eigenvalue weighted by Gasteiger charge is -2.20. The van der Waals surface area contributed by atoms with Crippen molar-refractivity contribution < 1.29 is 19.0 Å². The normalized spacial score (nSPS) is 14.4. The maximum atomic E-state index is 11.6. The molecule has 1 heterocycles. The molecule has 0 spiro atoms. The summed E-state index contributed by atoms with van der Waals surface area (Å²) in [5, 5.41) is 0. The molecule has 1 aromatic carbocycles. The highest BCUT2D eigenvalue weighted by Gasteiger charge is 2.17. The van der Waals surface area contributed by atoms with E-state index in [1.165, 1.54) is 7.11 Å². The minimum absolute atomic E-state index is 0.327. The van der Waals surface area contributed by atoms with Crippen LogP contribution in [0.15, 0.2) is 24.5 Å². The van der Waals surface area contributed by atoms with Crippen LogP contribution in [0, 0.1) is 0 Å². The number of hydrogen-bond donors (Lipinski definition) is 0. The highest BCUT2D eigenvalue weighted by molar-refractivity contribution is 5.90. The minimum Gasteiger partial charge on any atom is -0.494 e. The number of hydrogen-bond acceptors (Lipinski definition) is 4. The van der Waals surface area contributed by atoms with Crippen molar-refractivity contribution in [2.75, 3.05) is 20.3 Å². The van der Waals surface area contributed by atoms with Crippen molar-refractivity contribution in [3.8, 4) is 0 Å². The number of benzene rings is 1. The van der Waals surface area contributed by atoms with Gasteiger partial charge in [-0.15, -0.1) is 0 Å². The van der Waals surface area contributed by atoms with Gasteiger partial charge in [0.25, 0.3) is 0 Å². The molecule has 4 nitrogen and oxygen atoms in total. The molecule has 0 unspecified atom stereocenters. The molecule has 19 heavy (non-hydrogen) atoms. The summed E-state index contributed by atoms with van der Waals surface area (Å²) in [4.78, 5) is 11.6. The summed E-state index contributed by atoms with van der Waals surface area (Å²) in [5.74, 6) is 0.641. The third-order valence-electron chi connectivity index (χ3n) is 3.01. The summed E-state index contributed by atoms with van der Waals surface area (Å²) < 4.78 is 15.7. The van der Waals surface area contributed by atoms with E-state index in [0.717, 1.165) is 11.1 Å². The predicted octanol–water partition coefficient (Wildman–Crippen LogP) is 2.94. The lowest BCUT2D eigenvalue weighted by atomic mass is 9.94. The highest BCUT2D eigenvalue weighted by atomic mass is 16.6. The van der Waals surface area contributed by atoms with E-state index >= 15 is 0 Å². The monoisotopic (exact) mass is 262 g/mol. The Morgan fingerprint density at radius 1 is 1.32 bits per heavy atom. The average molecular weight is 262 g/mol. The van der Waals surface area contributed by atoms with Crippen molar-refractivity contribution in [2.24, 2.45) is 0 Å². The van der Waals surface area contributed by atoms with E-state index in [1.54, 1.807) is 18.4 Å². The molecular weight excluding hydrogens is 244 g/mol. The van der Waals surface area contributed by atoms with E-state index in [1.807, 2.05) is 6.07 Å². The molecule has 2 rings (SSSR count). The summed E-state index contributed by atoms with van der Waals surface area (Å²) in [7, 11) is 1.37. The van der Waals surface area contributed by atoms with Crippen LogP contribution in [0.1, 0.15) is 41.3 Å². The molecule has 1 aromatic rings. The first-order valence-electron chi connectivity index (χ1n) is 6.30. The van der Waals surface area contributed by atoms with E-state index in [-0.39, 0.29) is 5.97 Å². The van der Waals surface area contributed by atoms with Crippen LogP contribution in [0.3, 0.4) is 0 Å². The Kier molecular flexibility index (Phi) is 4.10. The van der Waals surface area contributed by atoms with Crippen molar-refractivity contribution in [2.45, 2.75) is 19.8 Å². The first kappa shape index (κ1) is 13.5. The molecule has 4 heteroatoms. The van der Waals surface area contributed by atoms with Gasteiger partial charge in [-0.3, -0.25) is 0 Å². The molecule has 0 saturated heterocycles. The van der Waals surface area contributed by atoms with Crippen molar-refractivity contribution in [3.05, 3.63) is 41.2 Å². The van der Waals surface area contributed by atoms with E-state index in [4.69, 9.17) is 14.2 Å². The van der Waals surface area contributed by atoms with Gasteiger partial charge in [-0.1, -0.05) is 19.9 Å². The summed E-state index contributed by atoms with van der Waals surface area (Å²) >= 11 is 0. The van der Waals surface area contributed by atoms with E-state index in [2.05, 4.69) is 13.8 Å². The van der Waals surface area contributed by atoms with Gasteiger partial charge in [0.2, 0.25) is 0 Å². The topological polar surface area (TPSA) is 44.8 Å². The molecule has 0 aliphatic carbocycles. The molecule has 1 aliphatic heterocycles. The Morgan fingerprint density at radius 2 is 2.11 bits per heavy atom. The van der Waals surface area contributed by atoms with Crippen LogP contribution in [-0.4, -0.2) is 26.3 Å². The van der Waals surface area contributed by atoms with Gasteiger partial charge < -0.3 is 14.2 Å². The fraction of sp³-hybridized carbons (Fsp3) is 0.400. The van der Waals surface area contributed by atoms with E-state index < -0.39 is 0 Å². The predicted molar refractivity (Wildman–Crippen MR) is 71.8 cm³/mol. The second-order valence-electron chi connectivity index (χ2n) is 4.65. The van der Waals surface area contributed by atoms with Gasteiger partial charge in [0.15, 0.2) is 5.76 Å². The van der Waals surface area contributed by atoms with Crippen LogP contribution < -0.4 is 0 Å². The van der Waals surface area contributed by atoms with Crippen LogP contribution in [0.4, 0.5) is 0 Å². The summed E-state index contributed by atoms with van der Waals surface area (Å²) in [6.45, 7) is 5.27. The van der Waals surface area contributed by atoms with Crippen molar-refractivity contribution in [1.29, 1.82) is 0 Å².